The second kappa shape index (κ2) is 9.60. The molecule has 2 aromatic heterocycles. The minimum absolute atomic E-state index is 0.0756. The van der Waals surface area contributed by atoms with Gasteiger partial charge < -0.3 is 9.84 Å². The predicted molar refractivity (Wildman–Crippen MR) is 110 cm³/mol. The molecule has 0 aliphatic heterocycles. The first kappa shape index (κ1) is 21.0. The fraction of sp³-hybridized carbons (Fsp3) is 0.500. The highest BCUT2D eigenvalue weighted by atomic mass is 16.5. The number of ether oxygens (including phenoxy) is 1. The minimum atomic E-state index is 0.0756. The Morgan fingerprint density at radius 3 is 2.41 bits per heavy atom. The van der Waals surface area contributed by atoms with Crippen molar-refractivity contribution in [1.82, 2.24) is 15.0 Å². The van der Waals surface area contributed by atoms with Gasteiger partial charge in [-0.25, -0.2) is 15.0 Å². The van der Waals surface area contributed by atoms with E-state index in [9.17, 15) is 5.11 Å². The summed E-state index contributed by atoms with van der Waals surface area (Å²) in [6.07, 6.45) is 3.69. The normalized spacial score (nSPS) is 12.9. The monoisotopic (exact) mass is 369 g/mol. The molecule has 0 spiro atoms. The van der Waals surface area contributed by atoms with Gasteiger partial charge in [-0.1, -0.05) is 19.9 Å². The molecule has 0 bridgehead atoms. The fourth-order valence-corrected chi connectivity index (χ4v) is 3.34. The summed E-state index contributed by atoms with van der Waals surface area (Å²) in [5.74, 6) is 0.716. The molecule has 27 heavy (non-hydrogen) atoms. The second-order valence-electron chi connectivity index (χ2n) is 6.55. The smallest absolute Gasteiger partial charge is 0.213 e. The van der Waals surface area contributed by atoms with Gasteiger partial charge in [0.05, 0.1) is 35.1 Å². The van der Waals surface area contributed by atoms with E-state index in [1.54, 1.807) is 0 Å². The molecule has 1 atom stereocenters. The average Bonchev–Trinajstić information content (AvgIpc) is 2.68. The van der Waals surface area contributed by atoms with E-state index >= 15 is 0 Å². The Balaban J connectivity index is 2.54. The highest BCUT2D eigenvalue weighted by Crippen LogP contribution is 2.31. The summed E-state index contributed by atoms with van der Waals surface area (Å²) < 4.78 is 5.53. The van der Waals surface area contributed by atoms with Crippen LogP contribution < -0.4 is 4.74 Å². The Hall–Kier alpha value is -2.27. The maximum absolute atomic E-state index is 9.71. The van der Waals surface area contributed by atoms with Crippen LogP contribution in [-0.2, 0) is 6.42 Å². The van der Waals surface area contributed by atoms with E-state index < -0.39 is 0 Å². The molecule has 5 nitrogen and oxygen atoms in total. The molecule has 5 heteroatoms. The summed E-state index contributed by atoms with van der Waals surface area (Å²) in [6.45, 7) is 12.8. The molecular weight excluding hydrogens is 338 g/mol. The first-order valence-electron chi connectivity index (χ1n) is 9.76. The molecule has 1 N–H and O–H groups in total. The first-order chi connectivity index (χ1) is 13.0. The third-order valence-corrected chi connectivity index (χ3v) is 4.81. The van der Waals surface area contributed by atoms with Crippen molar-refractivity contribution in [1.29, 1.82) is 0 Å². The van der Waals surface area contributed by atoms with Crippen molar-refractivity contribution in [2.24, 2.45) is 5.92 Å². The Labute approximate surface area is 162 Å². The quantitative estimate of drug-likeness (QED) is 0.740. The van der Waals surface area contributed by atoms with Crippen LogP contribution in [0.25, 0.3) is 16.8 Å². The summed E-state index contributed by atoms with van der Waals surface area (Å²) in [4.78, 5) is 14.4. The first-order valence-corrected chi connectivity index (χ1v) is 9.76. The number of pyridine rings is 1. The topological polar surface area (TPSA) is 68.1 Å². The average molecular weight is 370 g/mol. The molecule has 0 radical (unpaired) electrons. The van der Waals surface area contributed by atoms with E-state index in [2.05, 4.69) is 18.8 Å². The van der Waals surface area contributed by atoms with Crippen LogP contribution in [0.4, 0.5) is 0 Å². The van der Waals surface area contributed by atoms with Gasteiger partial charge in [0, 0.05) is 24.2 Å². The van der Waals surface area contributed by atoms with Gasteiger partial charge in [0.2, 0.25) is 5.88 Å². The molecule has 0 aromatic carbocycles. The van der Waals surface area contributed by atoms with Crippen LogP contribution in [0.1, 0.15) is 56.9 Å². The maximum Gasteiger partial charge on any atom is 0.213 e. The summed E-state index contributed by atoms with van der Waals surface area (Å²) in [7, 11) is 0. The molecule has 2 heterocycles. The molecule has 0 amide bonds. The van der Waals surface area contributed by atoms with Crippen molar-refractivity contribution < 1.29 is 9.84 Å². The largest absolute Gasteiger partial charge is 0.478 e. The van der Waals surface area contributed by atoms with Gasteiger partial charge in [0.25, 0.3) is 0 Å². The van der Waals surface area contributed by atoms with Crippen molar-refractivity contribution in [3.05, 3.63) is 41.0 Å². The molecular formula is C22H31N3O2. The Morgan fingerprint density at radius 2 is 1.85 bits per heavy atom. The summed E-state index contributed by atoms with van der Waals surface area (Å²) >= 11 is 0. The third-order valence-electron chi connectivity index (χ3n) is 4.81. The highest BCUT2D eigenvalue weighted by molar-refractivity contribution is 5.70. The van der Waals surface area contributed by atoms with Crippen LogP contribution in [-0.4, -0.2) is 33.3 Å². The van der Waals surface area contributed by atoms with Gasteiger partial charge in [0.1, 0.15) is 0 Å². The van der Waals surface area contributed by atoms with E-state index in [0.717, 1.165) is 52.4 Å². The minimum Gasteiger partial charge on any atom is -0.478 e. The molecule has 2 rings (SSSR count). The number of nitrogens with zero attached hydrogens (tertiary/aromatic N) is 3. The van der Waals surface area contributed by atoms with E-state index in [4.69, 9.17) is 14.7 Å². The number of aryl methyl sites for hydroxylation is 3. The van der Waals surface area contributed by atoms with Gasteiger partial charge >= 0.3 is 0 Å². The highest BCUT2D eigenvalue weighted by Gasteiger charge is 2.20. The third kappa shape index (κ3) is 4.53. The van der Waals surface area contributed by atoms with Gasteiger partial charge in [-0.15, -0.1) is 0 Å². The molecule has 0 fully saturated rings. The van der Waals surface area contributed by atoms with Crippen molar-refractivity contribution in [3.8, 4) is 17.1 Å². The van der Waals surface area contributed by atoms with Crippen LogP contribution in [0.15, 0.2) is 18.2 Å². The van der Waals surface area contributed by atoms with Crippen LogP contribution in [0.3, 0.4) is 0 Å². The number of hydrogen-bond donors (Lipinski definition) is 1. The number of allylic oxidation sites excluding steroid dienone is 1. The van der Waals surface area contributed by atoms with E-state index in [-0.39, 0.29) is 12.5 Å². The SMILES string of the molecule is C/C=C(\c1nc(C)c(-c2ccc(OCC)nc2CC)nc1C)[C@H](CC)CO. The lowest BCUT2D eigenvalue weighted by molar-refractivity contribution is 0.254. The summed E-state index contributed by atoms with van der Waals surface area (Å²) in [5, 5.41) is 9.71. The Bertz CT molecular complexity index is 811. The second-order valence-corrected chi connectivity index (χ2v) is 6.55. The van der Waals surface area contributed by atoms with Gasteiger partial charge in [0.15, 0.2) is 0 Å². The zero-order chi connectivity index (χ0) is 20.0. The van der Waals surface area contributed by atoms with Gasteiger partial charge in [-0.05, 0) is 52.2 Å². The number of aliphatic hydroxyl groups is 1. The van der Waals surface area contributed by atoms with Crippen LogP contribution >= 0.6 is 0 Å². The van der Waals surface area contributed by atoms with Gasteiger partial charge in [-0.3, -0.25) is 0 Å². The number of hydrogen-bond acceptors (Lipinski definition) is 5. The molecule has 0 aliphatic rings. The van der Waals surface area contributed by atoms with Crippen molar-refractivity contribution in [2.45, 2.75) is 54.4 Å². The predicted octanol–water partition coefficient (Wildman–Crippen LogP) is 4.54. The van der Waals surface area contributed by atoms with Crippen LogP contribution in [0, 0.1) is 19.8 Å². The zero-order valence-electron chi connectivity index (χ0n) is 17.3. The van der Waals surface area contributed by atoms with Crippen LogP contribution in [0.5, 0.6) is 5.88 Å². The zero-order valence-corrected chi connectivity index (χ0v) is 17.3. The molecule has 0 saturated heterocycles. The van der Waals surface area contributed by atoms with Gasteiger partial charge in [-0.2, -0.15) is 0 Å². The van der Waals surface area contributed by atoms with Crippen molar-refractivity contribution in [2.75, 3.05) is 13.2 Å². The number of aromatic nitrogens is 3. The summed E-state index contributed by atoms with van der Waals surface area (Å²) in [6, 6.07) is 3.91. The van der Waals surface area contributed by atoms with Crippen molar-refractivity contribution in [3.63, 3.8) is 0 Å². The lowest BCUT2D eigenvalue weighted by Gasteiger charge is -2.19. The molecule has 0 saturated carbocycles. The van der Waals surface area contributed by atoms with E-state index in [1.807, 2.05) is 45.9 Å². The lowest BCUT2D eigenvalue weighted by Crippen LogP contribution is -2.12. The molecule has 0 unspecified atom stereocenters. The molecule has 146 valence electrons. The Morgan fingerprint density at radius 1 is 1.11 bits per heavy atom. The Kier molecular flexibility index (Phi) is 7.48. The van der Waals surface area contributed by atoms with Crippen molar-refractivity contribution >= 4 is 5.57 Å². The molecule has 0 aliphatic carbocycles. The van der Waals surface area contributed by atoms with E-state index in [0.29, 0.717) is 12.5 Å². The number of aliphatic hydroxyl groups excluding tert-OH is 1. The lowest BCUT2D eigenvalue weighted by atomic mass is 9.92. The summed E-state index contributed by atoms with van der Waals surface area (Å²) in [5.41, 5.74) is 6.47. The van der Waals surface area contributed by atoms with Crippen LogP contribution in [0.2, 0.25) is 0 Å². The fourth-order valence-electron chi connectivity index (χ4n) is 3.34. The molecule has 2 aromatic rings. The number of rotatable bonds is 8. The van der Waals surface area contributed by atoms with E-state index in [1.165, 1.54) is 0 Å². The maximum atomic E-state index is 9.71. The standard InChI is InChI=1S/C22H31N3O2/c1-7-16(13-26)17(8-2)21-14(5)24-22(15(6)23-21)18-11-12-20(27-10-4)25-19(18)9-3/h8,11-12,16,26H,7,9-10,13H2,1-6H3/b17-8-/t16-/m1/s1.